The number of hydrogen-bond acceptors (Lipinski definition) is 3. The van der Waals surface area contributed by atoms with Crippen LogP contribution in [-0.4, -0.2) is 42.9 Å². The Morgan fingerprint density at radius 3 is 2.30 bits per heavy atom. The quantitative estimate of drug-likeness (QED) is 0.573. The van der Waals surface area contributed by atoms with Crippen molar-refractivity contribution in [1.29, 1.82) is 0 Å². The first kappa shape index (κ1) is 18.7. The van der Waals surface area contributed by atoms with E-state index >= 15 is 0 Å². The Labute approximate surface area is 115 Å². The van der Waals surface area contributed by atoms with Crippen molar-refractivity contribution in [3.05, 3.63) is 0 Å². The summed E-state index contributed by atoms with van der Waals surface area (Å²) in [6.07, 6.45) is -1.43. The van der Waals surface area contributed by atoms with Gasteiger partial charge in [0.25, 0.3) is 0 Å². The molecule has 0 bridgehead atoms. The van der Waals surface area contributed by atoms with Gasteiger partial charge in [-0.2, -0.15) is 13.2 Å². The van der Waals surface area contributed by atoms with Gasteiger partial charge in [0.1, 0.15) is 6.61 Å². The van der Waals surface area contributed by atoms with Crippen molar-refractivity contribution in [3.8, 4) is 0 Å². The van der Waals surface area contributed by atoms with E-state index in [1.54, 1.807) is 0 Å². The van der Waals surface area contributed by atoms with Crippen LogP contribution in [0.2, 0.25) is 0 Å². The number of ether oxygens (including phenoxy) is 1. The Balaban J connectivity index is 3.31. The molecule has 118 valence electrons. The topological polar surface area (TPSA) is 75.6 Å². The van der Waals surface area contributed by atoms with E-state index in [4.69, 9.17) is 5.11 Å². The van der Waals surface area contributed by atoms with Crippen LogP contribution in [0.25, 0.3) is 0 Å². The molecule has 0 aromatic carbocycles. The summed E-state index contributed by atoms with van der Waals surface area (Å²) in [4.78, 5) is 21.4. The molecule has 0 atom stereocenters. The number of halogens is 3. The third kappa shape index (κ3) is 14.7. The van der Waals surface area contributed by atoms with Gasteiger partial charge in [-0.3, -0.25) is 9.59 Å². The number of amides is 1. The molecule has 0 spiro atoms. The van der Waals surface area contributed by atoms with Crippen LogP contribution in [0.15, 0.2) is 0 Å². The van der Waals surface area contributed by atoms with Gasteiger partial charge in [0, 0.05) is 19.4 Å². The zero-order valence-electron chi connectivity index (χ0n) is 11.2. The van der Waals surface area contributed by atoms with Gasteiger partial charge in [-0.15, -0.1) is 0 Å². The number of alkyl halides is 3. The maximum atomic E-state index is 11.7. The van der Waals surface area contributed by atoms with Crippen molar-refractivity contribution in [2.24, 2.45) is 0 Å². The molecule has 0 saturated heterocycles. The minimum Gasteiger partial charge on any atom is -0.481 e. The van der Waals surface area contributed by atoms with Crippen LogP contribution in [0.3, 0.4) is 0 Å². The molecule has 1 amide bonds. The van der Waals surface area contributed by atoms with Gasteiger partial charge in [0.2, 0.25) is 5.91 Å². The molecule has 2 N–H and O–H groups in total. The second-order valence-corrected chi connectivity index (χ2v) is 4.33. The zero-order valence-corrected chi connectivity index (χ0v) is 11.2. The van der Waals surface area contributed by atoms with Crippen molar-refractivity contribution >= 4 is 11.9 Å². The zero-order chi connectivity index (χ0) is 15.4. The molecule has 0 aliphatic rings. The standard InChI is InChI=1S/C12H20F3NO4/c13-12(14,15)9-20-8-6-10(17)16-7-4-2-1-3-5-11(18)19/h1-9H2,(H,16,17)(H,18,19). The minimum atomic E-state index is -4.37. The number of aliphatic carboxylic acids is 1. The van der Waals surface area contributed by atoms with Crippen LogP contribution in [0.1, 0.15) is 38.5 Å². The van der Waals surface area contributed by atoms with Gasteiger partial charge in [-0.1, -0.05) is 12.8 Å². The van der Waals surface area contributed by atoms with E-state index in [1.165, 1.54) is 0 Å². The van der Waals surface area contributed by atoms with Crippen molar-refractivity contribution in [2.45, 2.75) is 44.7 Å². The highest BCUT2D eigenvalue weighted by atomic mass is 19.4. The molecular weight excluding hydrogens is 279 g/mol. The summed E-state index contributed by atoms with van der Waals surface area (Å²) in [7, 11) is 0. The van der Waals surface area contributed by atoms with Crippen molar-refractivity contribution < 1.29 is 32.6 Å². The summed E-state index contributed by atoms with van der Waals surface area (Å²) in [5.41, 5.74) is 0. The normalized spacial score (nSPS) is 11.3. The van der Waals surface area contributed by atoms with Crippen molar-refractivity contribution in [1.82, 2.24) is 5.32 Å². The maximum absolute atomic E-state index is 11.7. The number of carboxylic acid groups (broad SMARTS) is 1. The average Bonchev–Trinajstić information content (AvgIpc) is 2.32. The van der Waals surface area contributed by atoms with Crippen LogP contribution < -0.4 is 5.32 Å². The number of unbranched alkanes of at least 4 members (excludes halogenated alkanes) is 3. The van der Waals surface area contributed by atoms with Gasteiger partial charge in [-0.25, -0.2) is 0 Å². The van der Waals surface area contributed by atoms with Crippen LogP contribution in [-0.2, 0) is 14.3 Å². The molecule has 5 nitrogen and oxygen atoms in total. The highest BCUT2D eigenvalue weighted by Crippen LogP contribution is 2.14. The van der Waals surface area contributed by atoms with Crippen LogP contribution >= 0.6 is 0 Å². The first-order valence-corrected chi connectivity index (χ1v) is 6.44. The van der Waals surface area contributed by atoms with E-state index in [9.17, 15) is 22.8 Å². The molecule has 20 heavy (non-hydrogen) atoms. The second-order valence-electron chi connectivity index (χ2n) is 4.33. The highest BCUT2D eigenvalue weighted by Gasteiger charge is 2.27. The molecular formula is C12H20F3NO4. The number of hydrogen-bond donors (Lipinski definition) is 2. The SMILES string of the molecule is O=C(O)CCCCCCNC(=O)CCOCC(F)(F)F. The Bertz CT molecular complexity index is 295. The van der Waals surface area contributed by atoms with Crippen LogP contribution in [0.5, 0.6) is 0 Å². The summed E-state index contributed by atoms with van der Waals surface area (Å²) >= 11 is 0. The molecule has 0 rings (SSSR count). The summed E-state index contributed by atoms with van der Waals surface area (Å²) in [6, 6.07) is 0. The van der Waals surface area contributed by atoms with Gasteiger partial charge in [-0.05, 0) is 12.8 Å². The fourth-order valence-electron chi connectivity index (χ4n) is 1.42. The molecule has 8 heteroatoms. The first-order chi connectivity index (χ1) is 9.31. The summed E-state index contributed by atoms with van der Waals surface area (Å²) in [5.74, 6) is -1.17. The summed E-state index contributed by atoms with van der Waals surface area (Å²) in [6.45, 7) is -1.17. The molecule has 0 radical (unpaired) electrons. The minimum absolute atomic E-state index is 0.102. The van der Waals surface area contributed by atoms with E-state index in [0.717, 1.165) is 19.3 Å². The number of carbonyl (C=O) groups excluding carboxylic acids is 1. The van der Waals surface area contributed by atoms with E-state index < -0.39 is 18.8 Å². The first-order valence-electron chi connectivity index (χ1n) is 6.44. The number of rotatable bonds is 11. The largest absolute Gasteiger partial charge is 0.481 e. The monoisotopic (exact) mass is 299 g/mol. The Morgan fingerprint density at radius 2 is 1.70 bits per heavy atom. The van der Waals surface area contributed by atoms with E-state index in [1.807, 2.05) is 0 Å². The van der Waals surface area contributed by atoms with Crippen molar-refractivity contribution in [2.75, 3.05) is 19.8 Å². The van der Waals surface area contributed by atoms with Gasteiger partial charge in [0.05, 0.1) is 6.61 Å². The maximum Gasteiger partial charge on any atom is 0.411 e. The van der Waals surface area contributed by atoms with Crippen LogP contribution in [0, 0.1) is 0 Å². The predicted molar refractivity (Wildman–Crippen MR) is 65.2 cm³/mol. The van der Waals surface area contributed by atoms with E-state index in [0.29, 0.717) is 13.0 Å². The molecule has 0 fully saturated rings. The highest BCUT2D eigenvalue weighted by molar-refractivity contribution is 5.75. The van der Waals surface area contributed by atoms with Gasteiger partial charge < -0.3 is 15.2 Å². The number of carbonyl (C=O) groups is 2. The Morgan fingerprint density at radius 1 is 1.05 bits per heavy atom. The lowest BCUT2D eigenvalue weighted by Gasteiger charge is -2.08. The smallest absolute Gasteiger partial charge is 0.411 e. The number of carboxylic acids is 1. The molecule has 0 aliphatic heterocycles. The van der Waals surface area contributed by atoms with Gasteiger partial charge in [0.15, 0.2) is 0 Å². The van der Waals surface area contributed by atoms with E-state index in [-0.39, 0.29) is 25.4 Å². The predicted octanol–water partition coefficient (Wildman–Crippen LogP) is 2.11. The van der Waals surface area contributed by atoms with Crippen LogP contribution in [0.4, 0.5) is 13.2 Å². The summed E-state index contributed by atoms with van der Waals surface area (Å²) in [5, 5.41) is 11.0. The molecule has 0 aliphatic carbocycles. The second kappa shape index (κ2) is 10.5. The fourth-order valence-corrected chi connectivity index (χ4v) is 1.42. The Hall–Kier alpha value is -1.31. The molecule has 0 aromatic heterocycles. The van der Waals surface area contributed by atoms with Crippen molar-refractivity contribution in [3.63, 3.8) is 0 Å². The lowest BCUT2D eigenvalue weighted by molar-refractivity contribution is -0.174. The third-order valence-electron chi connectivity index (χ3n) is 2.38. The third-order valence-corrected chi connectivity index (χ3v) is 2.38. The molecule has 0 aromatic rings. The average molecular weight is 299 g/mol. The number of nitrogens with one attached hydrogen (secondary N) is 1. The van der Waals surface area contributed by atoms with Gasteiger partial charge >= 0.3 is 12.1 Å². The fraction of sp³-hybridized carbons (Fsp3) is 0.833. The summed E-state index contributed by atoms with van der Waals surface area (Å²) < 4.78 is 39.5. The molecule has 0 heterocycles. The molecule has 0 unspecified atom stereocenters. The molecule has 0 saturated carbocycles. The Kier molecular flexibility index (Phi) is 9.79. The lowest BCUT2D eigenvalue weighted by atomic mass is 10.1. The van der Waals surface area contributed by atoms with E-state index in [2.05, 4.69) is 10.1 Å². The lowest BCUT2D eigenvalue weighted by Crippen LogP contribution is -2.26.